The molecule has 0 spiro atoms. The minimum Gasteiger partial charge on any atom is -0.368 e. The minimum atomic E-state index is -0.216. The van der Waals surface area contributed by atoms with E-state index in [0.29, 0.717) is 25.6 Å². The monoisotopic (exact) mass is 478 g/mol. The average Bonchev–Trinajstić information content (AvgIpc) is 3.34. The lowest BCUT2D eigenvalue weighted by Crippen LogP contribution is -2.47. The van der Waals surface area contributed by atoms with Crippen LogP contribution in [0.4, 0.5) is 20.7 Å². The fourth-order valence-electron chi connectivity index (χ4n) is 4.88. The number of pyridine rings is 1. The van der Waals surface area contributed by atoms with Crippen molar-refractivity contribution < 1.29 is 9.18 Å². The van der Waals surface area contributed by atoms with Gasteiger partial charge < -0.3 is 24.6 Å². The van der Waals surface area contributed by atoms with Gasteiger partial charge in [0.25, 0.3) is 0 Å². The highest BCUT2D eigenvalue weighted by molar-refractivity contribution is 5.74. The standard InChI is InChI=1S/C25H31FN8O/c1-31-18-29-30-24(31)20-7-10-34(11-8-20)25(35)28-17-19-6-9-27-23(16-19)33-14-12-32(13-15-33)22-4-2-21(26)3-5-22/h2-6,9,16,18,20H,7-8,10-15,17H2,1H3,(H,28,35). The van der Waals surface area contributed by atoms with E-state index in [0.717, 1.165) is 61.9 Å². The molecule has 2 aliphatic rings. The largest absolute Gasteiger partial charge is 0.368 e. The molecular formula is C25H31FN8O. The molecule has 35 heavy (non-hydrogen) atoms. The Bertz CT molecular complexity index is 1130. The van der Waals surface area contributed by atoms with Crippen molar-refractivity contribution >= 4 is 17.5 Å². The summed E-state index contributed by atoms with van der Waals surface area (Å²) in [6, 6.07) is 10.6. The van der Waals surface area contributed by atoms with Gasteiger partial charge in [-0.1, -0.05) is 0 Å². The number of amides is 2. The Hall–Kier alpha value is -3.69. The van der Waals surface area contributed by atoms with Crippen LogP contribution in [0.15, 0.2) is 48.9 Å². The number of hydrogen-bond donors (Lipinski definition) is 1. The number of carbonyl (C=O) groups is 1. The summed E-state index contributed by atoms with van der Waals surface area (Å²) >= 11 is 0. The quantitative estimate of drug-likeness (QED) is 0.607. The lowest BCUT2D eigenvalue weighted by molar-refractivity contribution is 0.179. The Morgan fingerprint density at radius 2 is 1.74 bits per heavy atom. The number of carbonyl (C=O) groups excluding carboxylic acids is 1. The van der Waals surface area contributed by atoms with Crippen molar-refractivity contribution in [3.05, 3.63) is 66.1 Å². The second-order valence-electron chi connectivity index (χ2n) is 9.19. The molecule has 0 atom stereocenters. The lowest BCUT2D eigenvalue weighted by atomic mass is 9.96. The summed E-state index contributed by atoms with van der Waals surface area (Å²) in [4.78, 5) is 23.7. The van der Waals surface area contributed by atoms with Gasteiger partial charge in [-0.3, -0.25) is 0 Å². The molecule has 2 aliphatic heterocycles. The van der Waals surface area contributed by atoms with E-state index in [9.17, 15) is 9.18 Å². The molecule has 1 N–H and O–H groups in total. The van der Waals surface area contributed by atoms with Gasteiger partial charge in [0.15, 0.2) is 0 Å². The predicted octanol–water partition coefficient (Wildman–Crippen LogP) is 2.76. The van der Waals surface area contributed by atoms with Gasteiger partial charge in [-0.15, -0.1) is 10.2 Å². The fourth-order valence-corrected chi connectivity index (χ4v) is 4.88. The maximum absolute atomic E-state index is 13.2. The number of hydrogen-bond acceptors (Lipinski definition) is 6. The molecule has 0 aliphatic carbocycles. The number of nitrogens with one attached hydrogen (secondary N) is 1. The number of nitrogens with zero attached hydrogens (tertiary/aromatic N) is 7. The van der Waals surface area contributed by atoms with Crippen molar-refractivity contribution in [2.45, 2.75) is 25.3 Å². The van der Waals surface area contributed by atoms with Gasteiger partial charge in [0.2, 0.25) is 0 Å². The van der Waals surface area contributed by atoms with Crippen LogP contribution in [0.3, 0.4) is 0 Å². The van der Waals surface area contributed by atoms with E-state index in [4.69, 9.17) is 0 Å². The summed E-state index contributed by atoms with van der Waals surface area (Å²) in [6.45, 7) is 5.25. The van der Waals surface area contributed by atoms with Crippen molar-refractivity contribution in [1.29, 1.82) is 0 Å². The smallest absolute Gasteiger partial charge is 0.317 e. The highest BCUT2D eigenvalue weighted by Crippen LogP contribution is 2.26. The van der Waals surface area contributed by atoms with Crippen molar-refractivity contribution in [1.82, 2.24) is 30.0 Å². The van der Waals surface area contributed by atoms with Crippen LogP contribution in [0.25, 0.3) is 0 Å². The molecule has 9 nitrogen and oxygen atoms in total. The van der Waals surface area contributed by atoms with Gasteiger partial charge in [0.1, 0.15) is 23.8 Å². The Labute approximate surface area is 204 Å². The van der Waals surface area contributed by atoms with Gasteiger partial charge in [-0.05, 0) is 54.8 Å². The Kier molecular flexibility index (Phi) is 6.78. The van der Waals surface area contributed by atoms with Crippen LogP contribution in [0, 0.1) is 5.82 Å². The van der Waals surface area contributed by atoms with E-state index in [1.807, 2.05) is 40.8 Å². The first-order valence-electron chi connectivity index (χ1n) is 12.1. The lowest BCUT2D eigenvalue weighted by Gasteiger charge is -2.36. The third-order valence-electron chi connectivity index (χ3n) is 6.94. The zero-order valence-corrected chi connectivity index (χ0v) is 20.0. The first-order valence-corrected chi connectivity index (χ1v) is 12.1. The van der Waals surface area contributed by atoms with Crippen molar-refractivity contribution in [2.75, 3.05) is 49.1 Å². The van der Waals surface area contributed by atoms with Crippen molar-refractivity contribution in [2.24, 2.45) is 7.05 Å². The highest BCUT2D eigenvalue weighted by atomic mass is 19.1. The zero-order chi connectivity index (χ0) is 24.2. The molecule has 0 saturated carbocycles. The van der Waals surface area contributed by atoms with Gasteiger partial charge in [0.05, 0.1) is 0 Å². The summed E-state index contributed by atoms with van der Waals surface area (Å²) in [5.74, 6) is 2.04. The van der Waals surface area contributed by atoms with Crippen LogP contribution in [0.1, 0.15) is 30.1 Å². The molecule has 2 fully saturated rings. The number of anilines is 2. The number of halogens is 1. The van der Waals surface area contributed by atoms with Gasteiger partial charge >= 0.3 is 6.03 Å². The van der Waals surface area contributed by atoms with Crippen LogP contribution >= 0.6 is 0 Å². The summed E-state index contributed by atoms with van der Waals surface area (Å²) in [5, 5.41) is 11.3. The fraction of sp³-hybridized carbons (Fsp3) is 0.440. The van der Waals surface area contributed by atoms with Gasteiger partial charge in [-0.2, -0.15) is 0 Å². The summed E-state index contributed by atoms with van der Waals surface area (Å²) in [7, 11) is 1.96. The molecule has 2 saturated heterocycles. The van der Waals surface area contributed by atoms with Crippen molar-refractivity contribution in [3.63, 3.8) is 0 Å². The normalized spacial score (nSPS) is 17.0. The number of urea groups is 1. The van der Waals surface area contributed by atoms with Gasteiger partial charge in [0, 0.05) is 70.7 Å². The third-order valence-corrected chi connectivity index (χ3v) is 6.94. The van der Waals surface area contributed by atoms with E-state index in [1.54, 1.807) is 12.5 Å². The summed E-state index contributed by atoms with van der Waals surface area (Å²) in [5.41, 5.74) is 2.06. The van der Waals surface area contributed by atoms with E-state index in [1.165, 1.54) is 12.1 Å². The SMILES string of the molecule is Cn1cnnc1C1CCN(C(=O)NCc2ccnc(N3CCN(c4ccc(F)cc4)CC3)c2)CC1. The van der Waals surface area contributed by atoms with E-state index in [2.05, 4.69) is 30.3 Å². The molecule has 3 aromatic rings. The zero-order valence-electron chi connectivity index (χ0n) is 20.0. The number of aromatic nitrogens is 4. The number of benzene rings is 1. The van der Waals surface area contributed by atoms with Crippen LogP contribution in [-0.4, -0.2) is 69.9 Å². The molecule has 0 radical (unpaired) electrons. The second kappa shape index (κ2) is 10.3. The Morgan fingerprint density at radius 1 is 1.03 bits per heavy atom. The number of piperazine rings is 1. The number of aryl methyl sites for hydroxylation is 1. The maximum atomic E-state index is 13.2. The summed E-state index contributed by atoms with van der Waals surface area (Å²) < 4.78 is 15.2. The summed E-state index contributed by atoms with van der Waals surface area (Å²) in [6.07, 6.45) is 5.31. The van der Waals surface area contributed by atoms with E-state index < -0.39 is 0 Å². The highest BCUT2D eigenvalue weighted by Gasteiger charge is 2.26. The molecule has 0 unspecified atom stereocenters. The molecule has 4 heterocycles. The molecule has 1 aromatic carbocycles. The van der Waals surface area contributed by atoms with Crippen LogP contribution in [0.5, 0.6) is 0 Å². The molecule has 5 rings (SSSR count). The molecule has 10 heteroatoms. The van der Waals surface area contributed by atoms with Crippen LogP contribution in [0.2, 0.25) is 0 Å². The Balaban J connectivity index is 1.10. The third kappa shape index (κ3) is 5.36. The predicted molar refractivity (Wildman–Crippen MR) is 132 cm³/mol. The molecular weight excluding hydrogens is 447 g/mol. The number of rotatable bonds is 5. The molecule has 184 valence electrons. The first kappa shape index (κ1) is 23.1. The van der Waals surface area contributed by atoms with Crippen LogP contribution < -0.4 is 15.1 Å². The second-order valence-corrected chi connectivity index (χ2v) is 9.19. The maximum Gasteiger partial charge on any atom is 0.317 e. The molecule has 0 bridgehead atoms. The molecule has 2 amide bonds. The topological polar surface area (TPSA) is 82.4 Å². The van der Waals surface area contributed by atoms with Gasteiger partial charge in [-0.25, -0.2) is 14.2 Å². The molecule has 2 aromatic heterocycles. The minimum absolute atomic E-state index is 0.0345. The first-order chi connectivity index (χ1) is 17.1. The average molecular weight is 479 g/mol. The number of likely N-dealkylation sites (tertiary alicyclic amines) is 1. The number of piperidine rings is 1. The van der Waals surface area contributed by atoms with E-state index in [-0.39, 0.29) is 11.8 Å². The van der Waals surface area contributed by atoms with Crippen LogP contribution in [-0.2, 0) is 13.6 Å². The van der Waals surface area contributed by atoms with Crippen molar-refractivity contribution in [3.8, 4) is 0 Å². The van der Waals surface area contributed by atoms with E-state index >= 15 is 0 Å². The Morgan fingerprint density at radius 3 is 2.43 bits per heavy atom.